The summed E-state index contributed by atoms with van der Waals surface area (Å²) in [4.78, 5) is 1.93. The number of halogens is 1. The maximum Gasteiger partial charge on any atom is 0.0947 e. The fourth-order valence-electron chi connectivity index (χ4n) is 1.76. The number of anilines is 2. The molecule has 1 rings (SSSR count). The van der Waals surface area contributed by atoms with E-state index >= 15 is 0 Å². The Morgan fingerprint density at radius 3 is 2.76 bits per heavy atom. The molecule has 96 valence electrons. The molecule has 0 saturated carbocycles. The number of ether oxygens (including phenoxy) is 1. The van der Waals surface area contributed by atoms with E-state index in [9.17, 15) is 5.11 Å². The molecule has 1 atom stereocenters. The Kier molecular flexibility index (Phi) is 5.05. The molecule has 0 fully saturated rings. The molecule has 17 heavy (non-hydrogen) atoms. The summed E-state index contributed by atoms with van der Waals surface area (Å²) in [6.45, 7) is 2.75. The smallest absolute Gasteiger partial charge is 0.0947 e. The topological polar surface area (TPSA) is 58.7 Å². The normalized spacial score (nSPS) is 12.5. The van der Waals surface area contributed by atoms with Gasteiger partial charge in [0, 0.05) is 26.4 Å². The number of nitrogens with two attached hydrogens (primary N) is 1. The quantitative estimate of drug-likeness (QED) is 0.789. The summed E-state index contributed by atoms with van der Waals surface area (Å²) in [6.07, 6.45) is -0.527. The number of methoxy groups -OCH3 is 1. The van der Waals surface area contributed by atoms with Gasteiger partial charge in [0.1, 0.15) is 0 Å². The highest BCUT2D eigenvalue weighted by atomic mass is 35.5. The third-order valence-corrected chi connectivity index (χ3v) is 2.90. The van der Waals surface area contributed by atoms with E-state index in [-0.39, 0.29) is 0 Å². The molecule has 0 heterocycles. The fraction of sp³-hybridized carbons (Fsp3) is 0.500. The van der Waals surface area contributed by atoms with Gasteiger partial charge in [0.05, 0.1) is 23.4 Å². The summed E-state index contributed by atoms with van der Waals surface area (Å²) in [5.41, 5.74) is 8.27. The molecule has 1 aromatic carbocycles. The van der Waals surface area contributed by atoms with Crippen LogP contribution in [0.5, 0.6) is 0 Å². The van der Waals surface area contributed by atoms with Crippen LogP contribution in [-0.4, -0.2) is 38.5 Å². The molecular formula is C12H19ClN2O2. The van der Waals surface area contributed by atoms with Crippen LogP contribution >= 0.6 is 11.6 Å². The number of benzene rings is 1. The first-order valence-corrected chi connectivity index (χ1v) is 5.77. The number of aliphatic hydroxyl groups is 1. The van der Waals surface area contributed by atoms with Gasteiger partial charge in [0.2, 0.25) is 0 Å². The lowest BCUT2D eigenvalue weighted by Gasteiger charge is -2.24. The zero-order valence-electron chi connectivity index (χ0n) is 10.4. The van der Waals surface area contributed by atoms with Crippen LogP contribution < -0.4 is 10.6 Å². The van der Waals surface area contributed by atoms with Crippen LogP contribution in [0.25, 0.3) is 0 Å². The number of aliphatic hydroxyl groups excluding tert-OH is 1. The largest absolute Gasteiger partial charge is 0.398 e. The Labute approximate surface area is 107 Å². The summed E-state index contributed by atoms with van der Waals surface area (Å²) < 4.78 is 4.89. The second-order valence-corrected chi connectivity index (χ2v) is 4.56. The molecule has 3 N–H and O–H groups in total. The summed E-state index contributed by atoms with van der Waals surface area (Å²) in [5, 5.41) is 10.2. The standard InChI is InChI=1S/C12H19ClN2O2/c1-8-4-11(14)10(13)5-12(8)15(2)6-9(16)7-17-3/h4-5,9,16H,6-7,14H2,1-3H3. The van der Waals surface area contributed by atoms with Gasteiger partial charge in [-0.25, -0.2) is 0 Å². The van der Waals surface area contributed by atoms with E-state index in [1.54, 1.807) is 7.11 Å². The average molecular weight is 259 g/mol. The number of likely N-dealkylation sites (N-methyl/N-ethyl adjacent to an activating group) is 1. The van der Waals surface area contributed by atoms with Crippen molar-refractivity contribution in [3.8, 4) is 0 Å². The lowest BCUT2D eigenvalue weighted by atomic mass is 10.1. The molecule has 0 radical (unpaired) electrons. The van der Waals surface area contributed by atoms with Crippen molar-refractivity contribution in [2.24, 2.45) is 0 Å². The van der Waals surface area contributed by atoms with Gasteiger partial charge in [-0.1, -0.05) is 11.6 Å². The Bertz CT molecular complexity index is 385. The molecule has 0 aliphatic heterocycles. The number of aryl methyl sites for hydroxylation is 1. The van der Waals surface area contributed by atoms with E-state index in [0.717, 1.165) is 11.3 Å². The minimum atomic E-state index is -0.527. The van der Waals surface area contributed by atoms with Crippen molar-refractivity contribution >= 4 is 23.0 Å². The third-order valence-electron chi connectivity index (χ3n) is 2.57. The molecule has 0 spiro atoms. The van der Waals surface area contributed by atoms with E-state index in [1.807, 2.05) is 31.0 Å². The third kappa shape index (κ3) is 3.77. The number of nitrogen functional groups attached to an aromatic ring is 1. The maximum atomic E-state index is 9.67. The number of nitrogens with zero attached hydrogens (tertiary/aromatic N) is 1. The average Bonchev–Trinajstić information content (AvgIpc) is 2.23. The van der Waals surface area contributed by atoms with Crippen LogP contribution in [0.3, 0.4) is 0 Å². The summed E-state index contributed by atoms with van der Waals surface area (Å²) in [6, 6.07) is 3.64. The van der Waals surface area contributed by atoms with Crippen molar-refractivity contribution in [2.75, 3.05) is 37.9 Å². The van der Waals surface area contributed by atoms with Gasteiger partial charge in [-0.05, 0) is 24.6 Å². The minimum absolute atomic E-state index is 0.312. The monoisotopic (exact) mass is 258 g/mol. The van der Waals surface area contributed by atoms with E-state index in [4.69, 9.17) is 22.1 Å². The van der Waals surface area contributed by atoms with Crippen LogP contribution in [0.2, 0.25) is 5.02 Å². The number of hydrogen-bond acceptors (Lipinski definition) is 4. The highest BCUT2D eigenvalue weighted by molar-refractivity contribution is 6.33. The van der Waals surface area contributed by atoms with Gasteiger partial charge in [-0.3, -0.25) is 0 Å². The van der Waals surface area contributed by atoms with Gasteiger partial charge in [0.15, 0.2) is 0 Å². The molecule has 5 heteroatoms. The van der Waals surface area contributed by atoms with Gasteiger partial charge >= 0.3 is 0 Å². The zero-order valence-corrected chi connectivity index (χ0v) is 11.2. The number of rotatable bonds is 5. The SMILES string of the molecule is COCC(O)CN(C)c1cc(Cl)c(N)cc1C. The van der Waals surface area contributed by atoms with Gasteiger partial charge in [-0.15, -0.1) is 0 Å². The van der Waals surface area contributed by atoms with Gasteiger partial charge in [0.25, 0.3) is 0 Å². The van der Waals surface area contributed by atoms with Crippen LogP contribution in [-0.2, 0) is 4.74 Å². The second-order valence-electron chi connectivity index (χ2n) is 4.15. The first-order valence-electron chi connectivity index (χ1n) is 5.39. The van der Waals surface area contributed by atoms with E-state index in [0.29, 0.717) is 23.9 Å². The van der Waals surface area contributed by atoms with Crippen LogP contribution in [0.15, 0.2) is 12.1 Å². The van der Waals surface area contributed by atoms with Crippen molar-refractivity contribution in [3.63, 3.8) is 0 Å². The molecule has 0 aliphatic rings. The lowest BCUT2D eigenvalue weighted by Crippen LogP contribution is -2.32. The molecule has 0 saturated heterocycles. The van der Waals surface area contributed by atoms with Crippen molar-refractivity contribution in [1.29, 1.82) is 0 Å². The van der Waals surface area contributed by atoms with Crippen molar-refractivity contribution in [2.45, 2.75) is 13.0 Å². The van der Waals surface area contributed by atoms with Gasteiger partial charge in [-0.2, -0.15) is 0 Å². The molecule has 4 nitrogen and oxygen atoms in total. The molecule has 1 aromatic rings. The molecule has 0 aliphatic carbocycles. The molecule has 1 unspecified atom stereocenters. The maximum absolute atomic E-state index is 9.67. The number of hydrogen-bond donors (Lipinski definition) is 2. The first kappa shape index (κ1) is 14.1. The van der Waals surface area contributed by atoms with E-state index < -0.39 is 6.10 Å². The zero-order chi connectivity index (χ0) is 13.0. The van der Waals surface area contributed by atoms with Crippen LogP contribution in [0.1, 0.15) is 5.56 Å². The Hall–Kier alpha value is -0.970. The van der Waals surface area contributed by atoms with Crippen LogP contribution in [0, 0.1) is 6.92 Å². The minimum Gasteiger partial charge on any atom is -0.398 e. The van der Waals surface area contributed by atoms with Crippen molar-refractivity contribution in [3.05, 3.63) is 22.7 Å². The molecule has 0 bridgehead atoms. The predicted molar refractivity (Wildman–Crippen MR) is 71.8 cm³/mol. The predicted octanol–water partition coefficient (Wildman–Crippen LogP) is 1.67. The first-order chi connectivity index (χ1) is 7.95. The van der Waals surface area contributed by atoms with Gasteiger partial charge < -0.3 is 20.5 Å². The Morgan fingerprint density at radius 1 is 1.53 bits per heavy atom. The molecule has 0 amide bonds. The molecular weight excluding hydrogens is 240 g/mol. The highest BCUT2D eigenvalue weighted by Gasteiger charge is 2.12. The highest BCUT2D eigenvalue weighted by Crippen LogP contribution is 2.28. The lowest BCUT2D eigenvalue weighted by molar-refractivity contribution is 0.0695. The Balaban J connectivity index is 2.81. The summed E-state index contributed by atoms with van der Waals surface area (Å²) in [7, 11) is 3.46. The van der Waals surface area contributed by atoms with Crippen molar-refractivity contribution in [1.82, 2.24) is 0 Å². The summed E-state index contributed by atoms with van der Waals surface area (Å²) >= 11 is 5.99. The second kappa shape index (κ2) is 6.10. The molecule has 0 aromatic heterocycles. The van der Waals surface area contributed by atoms with Crippen LogP contribution in [0.4, 0.5) is 11.4 Å². The fourth-order valence-corrected chi connectivity index (χ4v) is 1.92. The summed E-state index contributed by atoms with van der Waals surface area (Å²) in [5.74, 6) is 0. The van der Waals surface area contributed by atoms with E-state index in [1.165, 1.54) is 0 Å². The van der Waals surface area contributed by atoms with E-state index in [2.05, 4.69) is 0 Å². The van der Waals surface area contributed by atoms with Crippen molar-refractivity contribution < 1.29 is 9.84 Å². The Morgan fingerprint density at radius 2 is 2.18 bits per heavy atom.